The van der Waals surface area contributed by atoms with Crippen molar-refractivity contribution in [2.75, 3.05) is 42.7 Å². The van der Waals surface area contributed by atoms with Gasteiger partial charge >= 0.3 is 0 Å². The van der Waals surface area contributed by atoms with Crippen molar-refractivity contribution >= 4 is 35.6 Å². The van der Waals surface area contributed by atoms with E-state index in [2.05, 4.69) is 24.3 Å². The number of rotatable bonds is 10. The number of ether oxygens (including phenoxy) is 6. The van der Waals surface area contributed by atoms with Crippen LogP contribution in [0.5, 0.6) is 34.5 Å². The summed E-state index contributed by atoms with van der Waals surface area (Å²) in [7, 11) is 9.62. The molecule has 1 aromatic heterocycles. The minimum absolute atomic E-state index is 0.576. The molecule has 0 fully saturated rings. The highest BCUT2D eigenvalue weighted by atomic mass is 32.1. The molecule has 0 aliphatic rings. The van der Waals surface area contributed by atoms with Crippen LogP contribution in [0.1, 0.15) is 20.9 Å². The summed E-state index contributed by atoms with van der Waals surface area (Å²) in [5.74, 6) is 3.64. The summed E-state index contributed by atoms with van der Waals surface area (Å²) in [5, 5.41) is 0. The molecule has 0 radical (unpaired) electrons. The van der Waals surface area contributed by atoms with Crippen LogP contribution < -0.4 is 28.4 Å². The summed E-state index contributed by atoms with van der Waals surface area (Å²) >= 11 is 1.68. The topological polar surface area (TPSA) is 55.4 Å². The maximum atomic E-state index is 5.43. The van der Waals surface area contributed by atoms with Crippen molar-refractivity contribution in [2.45, 2.75) is 0 Å². The fraction of sp³-hybridized carbons (Fsp3) is 0.231. The van der Waals surface area contributed by atoms with E-state index in [0.29, 0.717) is 34.5 Å². The van der Waals surface area contributed by atoms with Crippen molar-refractivity contribution in [2.24, 2.45) is 0 Å². The first-order valence-electron chi connectivity index (χ1n) is 10.1. The lowest BCUT2D eigenvalue weighted by Gasteiger charge is -2.12. The van der Waals surface area contributed by atoms with Gasteiger partial charge in [-0.2, -0.15) is 0 Å². The van der Waals surface area contributed by atoms with Crippen LogP contribution in [0.15, 0.2) is 36.4 Å². The molecule has 6 nitrogen and oxygen atoms in total. The standard InChI is InChI=1S/C26H28O6S/c1-27-21-13-17(14-22(28-2)25(21)31-5)7-9-19-11-12-20(33-19)10-8-18-15-23(29-3)26(32-6)24(16-18)30-4/h7-16H,1-6H3/b9-7+,10-8+. The zero-order chi connectivity index (χ0) is 23.8. The SMILES string of the molecule is COc1cc(/C=C/c2ccc(/C=C/c3cc(OC)c(OC)c(OC)c3)s2)cc(OC)c1OC. The Balaban J connectivity index is 1.80. The predicted octanol–water partition coefficient (Wildman–Crippen LogP) is 6.14. The monoisotopic (exact) mass is 468 g/mol. The van der Waals surface area contributed by atoms with Gasteiger partial charge in [0.1, 0.15) is 0 Å². The Morgan fingerprint density at radius 1 is 0.485 bits per heavy atom. The molecule has 174 valence electrons. The van der Waals surface area contributed by atoms with Crippen LogP contribution in [0.25, 0.3) is 24.3 Å². The van der Waals surface area contributed by atoms with E-state index in [1.807, 2.05) is 36.4 Å². The predicted molar refractivity (Wildman–Crippen MR) is 134 cm³/mol. The normalized spacial score (nSPS) is 11.1. The minimum atomic E-state index is 0.576. The number of hydrogen-bond acceptors (Lipinski definition) is 7. The van der Waals surface area contributed by atoms with Crippen molar-refractivity contribution < 1.29 is 28.4 Å². The van der Waals surface area contributed by atoms with E-state index in [1.54, 1.807) is 54.0 Å². The second-order valence-electron chi connectivity index (χ2n) is 6.82. The Bertz CT molecular complexity index is 1010. The zero-order valence-electron chi connectivity index (χ0n) is 19.6. The average molecular weight is 469 g/mol. The van der Waals surface area contributed by atoms with Crippen molar-refractivity contribution in [3.63, 3.8) is 0 Å². The molecule has 0 aliphatic heterocycles. The van der Waals surface area contributed by atoms with Crippen LogP contribution in [0.3, 0.4) is 0 Å². The summed E-state index contributed by atoms with van der Waals surface area (Å²) in [5.41, 5.74) is 1.90. The third-order valence-corrected chi connectivity index (χ3v) is 5.92. The van der Waals surface area contributed by atoms with Crippen LogP contribution in [0, 0.1) is 0 Å². The number of methoxy groups -OCH3 is 6. The van der Waals surface area contributed by atoms with Gasteiger partial charge in [-0.3, -0.25) is 0 Å². The Kier molecular flexibility index (Phi) is 8.27. The van der Waals surface area contributed by atoms with E-state index in [4.69, 9.17) is 28.4 Å². The molecule has 1 heterocycles. The van der Waals surface area contributed by atoms with Gasteiger partial charge < -0.3 is 28.4 Å². The van der Waals surface area contributed by atoms with E-state index >= 15 is 0 Å². The van der Waals surface area contributed by atoms with Crippen molar-refractivity contribution in [3.05, 3.63) is 57.3 Å². The summed E-state index contributed by atoms with van der Waals surface area (Å²) in [6.07, 6.45) is 8.15. The van der Waals surface area contributed by atoms with Crippen LogP contribution in [0.2, 0.25) is 0 Å². The zero-order valence-corrected chi connectivity index (χ0v) is 20.4. The van der Waals surface area contributed by atoms with Gasteiger partial charge in [-0.25, -0.2) is 0 Å². The molecule has 7 heteroatoms. The molecule has 33 heavy (non-hydrogen) atoms. The first-order valence-corrected chi connectivity index (χ1v) is 10.9. The second kappa shape index (κ2) is 11.3. The summed E-state index contributed by atoms with van der Waals surface area (Å²) in [6, 6.07) is 11.8. The van der Waals surface area contributed by atoms with Gasteiger partial charge in [-0.1, -0.05) is 12.2 Å². The molecule has 0 bridgehead atoms. The van der Waals surface area contributed by atoms with E-state index in [1.165, 1.54) is 0 Å². The van der Waals surface area contributed by atoms with Gasteiger partial charge in [0.2, 0.25) is 11.5 Å². The van der Waals surface area contributed by atoms with Crippen molar-refractivity contribution in [1.82, 2.24) is 0 Å². The molecule has 3 rings (SSSR count). The average Bonchev–Trinajstić information content (AvgIpc) is 3.32. The largest absolute Gasteiger partial charge is 0.493 e. The molecule has 0 spiro atoms. The second-order valence-corrected chi connectivity index (χ2v) is 7.97. The smallest absolute Gasteiger partial charge is 0.203 e. The maximum Gasteiger partial charge on any atom is 0.203 e. The lowest BCUT2D eigenvalue weighted by atomic mass is 10.1. The van der Waals surface area contributed by atoms with Gasteiger partial charge in [0.05, 0.1) is 42.7 Å². The lowest BCUT2D eigenvalue weighted by Crippen LogP contribution is -1.95. The fourth-order valence-corrected chi connectivity index (χ4v) is 4.12. The summed E-state index contributed by atoms with van der Waals surface area (Å²) < 4.78 is 32.5. The van der Waals surface area contributed by atoms with Crippen LogP contribution >= 0.6 is 11.3 Å². The van der Waals surface area contributed by atoms with E-state index in [-0.39, 0.29) is 0 Å². The van der Waals surface area contributed by atoms with E-state index in [9.17, 15) is 0 Å². The van der Waals surface area contributed by atoms with Crippen LogP contribution in [-0.2, 0) is 0 Å². The maximum absolute atomic E-state index is 5.43. The summed E-state index contributed by atoms with van der Waals surface area (Å²) in [6.45, 7) is 0. The minimum Gasteiger partial charge on any atom is -0.493 e. The van der Waals surface area contributed by atoms with Crippen molar-refractivity contribution in [1.29, 1.82) is 0 Å². The highest BCUT2D eigenvalue weighted by Gasteiger charge is 2.13. The van der Waals surface area contributed by atoms with Crippen molar-refractivity contribution in [3.8, 4) is 34.5 Å². The molecule has 0 amide bonds. The molecule has 3 aromatic rings. The molecule has 0 aliphatic carbocycles. The third kappa shape index (κ3) is 5.62. The third-order valence-electron chi connectivity index (χ3n) is 4.90. The first-order chi connectivity index (χ1) is 16.1. The first kappa shape index (κ1) is 24.1. The quantitative estimate of drug-likeness (QED) is 0.356. The molecule has 0 atom stereocenters. The fourth-order valence-electron chi connectivity index (χ4n) is 3.30. The molecule has 0 saturated heterocycles. The number of hydrogen-bond donors (Lipinski definition) is 0. The van der Waals surface area contributed by atoms with Crippen LogP contribution in [-0.4, -0.2) is 42.7 Å². The van der Waals surface area contributed by atoms with E-state index < -0.39 is 0 Å². The van der Waals surface area contributed by atoms with Gasteiger partial charge in [-0.15, -0.1) is 11.3 Å². The molecule has 0 saturated carbocycles. The summed E-state index contributed by atoms with van der Waals surface area (Å²) in [4.78, 5) is 2.24. The number of thiophene rings is 1. The highest BCUT2D eigenvalue weighted by molar-refractivity contribution is 7.13. The van der Waals surface area contributed by atoms with Gasteiger partial charge in [0.15, 0.2) is 23.0 Å². The van der Waals surface area contributed by atoms with Gasteiger partial charge in [0, 0.05) is 9.75 Å². The molecule has 2 aromatic carbocycles. The Morgan fingerprint density at radius 3 is 1.09 bits per heavy atom. The van der Waals surface area contributed by atoms with Gasteiger partial charge in [-0.05, 0) is 59.7 Å². The van der Waals surface area contributed by atoms with Crippen LogP contribution in [0.4, 0.5) is 0 Å². The molecule has 0 N–H and O–H groups in total. The van der Waals surface area contributed by atoms with E-state index in [0.717, 1.165) is 20.9 Å². The Labute approximate surface area is 198 Å². The molecular formula is C26H28O6S. The number of benzene rings is 2. The highest BCUT2D eigenvalue weighted by Crippen LogP contribution is 2.40. The molecule has 0 unspecified atom stereocenters. The molecular weight excluding hydrogens is 440 g/mol. The Morgan fingerprint density at radius 2 is 0.818 bits per heavy atom. The lowest BCUT2D eigenvalue weighted by molar-refractivity contribution is 0.324. The van der Waals surface area contributed by atoms with Gasteiger partial charge in [0.25, 0.3) is 0 Å². The Hall–Kier alpha value is -3.58.